The molecule has 0 bridgehead atoms. The van der Waals surface area contributed by atoms with Crippen LogP contribution in [0.5, 0.6) is 0 Å². The minimum absolute atomic E-state index is 0.0651. The molecule has 4 aromatic rings. The average molecular weight is 389 g/mol. The van der Waals surface area contributed by atoms with E-state index in [0.29, 0.717) is 6.54 Å². The zero-order valence-corrected chi connectivity index (χ0v) is 15.9. The van der Waals surface area contributed by atoms with Crippen molar-refractivity contribution in [2.24, 2.45) is 0 Å². The first-order chi connectivity index (χ1) is 13.8. The Labute approximate surface area is 167 Å². The smallest absolute Gasteiger partial charge is 0.230 e. The topological polar surface area (TPSA) is 70.9 Å². The number of rotatable bonds is 7. The van der Waals surface area contributed by atoms with E-state index in [1.54, 1.807) is 12.3 Å². The highest BCUT2D eigenvalue weighted by Crippen LogP contribution is 2.32. The number of aromatic amines is 1. The van der Waals surface area contributed by atoms with Crippen molar-refractivity contribution >= 4 is 17.7 Å². The molecule has 0 aliphatic heterocycles. The minimum Gasteiger partial charge on any atom is -0.467 e. The predicted octanol–water partition coefficient (Wildman–Crippen LogP) is 4.75. The van der Waals surface area contributed by atoms with E-state index in [1.165, 1.54) is 11.8 Å². The number of nitrogens with zero attached hydrogens (tertiary/aromatic N) is 1. The van der Waals surface area contributed by atoms with Gasteiger partial charge in [-0.05, 0) is 12.1 Å². The van der Waals surface area contributed by atoms with Crippen LogP contribution in [0.4, 0.5) is 0 Å². The zero-order chi connectivity index (χ0) is 19.2. The lowest BCUT2D eigenvalue weighted by molar-refractivity contribution is -0.118. The average Bonchev–Trinajstić information content (AvgIpc) is 3.42. The fourth-order valence-electron chi connectivity index (χ4n) is 2.78. The number of thioether (sulfide) groups is 1. The summed E-state index contributed by atoms with van der Waals surface area (Å²) in [5.74, 6) is 1.73. The molecule has 2 N–H and O–H groups in total. The van der Waals surface area contributed by atoms with Crippen molar-refractivity contribution in [2.75, 3.05) is 5.75 Å². The molecule has 0 aliphatic carbocycles. The second kappa shape index (κ2) is 8.63. The third kappa shape index (κ3) is 4.35. The highest BCUT2D eigenvalue weighted by Gasteiger charge is 2.15. The molecule has 0 radical (unpaired) electrons. The Hall–Kier alpha value is -3.25. The van der Waals surface area contributed by atoms with Crippen LogP contribution in [0, 0.1) is 0 Å². The molecule has 4 rings (SSSR count). The number of benzene rings is 2. The van der Waals surface area contributed by atoms with Gasteiger partial charge in [0.15, 0.2) is 0 Å². The van der Waals surface area contributed by atoms with Crippen LogP contribution < -0.4 is 5.32 Å². The second-order valence-corrected chi connectivity index (χ2v) is 7.11. The van der Waals surface area contributed by atoms with E-state index in [2.05, 4.69) is 10.3 Å². The molecule has 2 aromatic carbocycles. The number of amides is 1. The molecule has 0 fully saturated rings. The fraction of sp³-hybridized carbons (Fsp3) is 0.0909. The van der Waals surface area contributed by atoms with E-state index in [9.17, 15) is 4.79 Å². The minimum atomic E-state index is -0.0651. The van der Waals surface area contributed by atoms with Crippen LogP contribution in [0.15, 0.2) is 88.5 Å². The quantitative estimate of drug-likeness (QED) is 0.448. The maximum Gasteiger partial charge on any atom is 0.230 e. The first-order valence-corrected chi connectivity index (χ1v) is 9.91. The van der Waals surface area contributed by atoms with Crippen molar-refractivity contribution in [2.45, 2.75) is 11.6 Å². The summed E-state index contributed by atoms with van der Waals surface area (Å²) >= 11 is 1.42. The molecule has 1 amide bonds. The van der Waals surface area contributed by atoms with Gasteiger partial charge in [-0.3, -0.25) is 4.79 Å². The Morgan fingerprint density at radius 2 is 1.68 bits per heavy atom. The molecule has 140 valence electrons. The van der Waals surface area contributed by atoms with Crippen LogP contribution in [0.3, 0.4) is 0 Å². The van der Waals surface area contributed by atoms with Crippen molar-refractivity contribution in [1.82, 2.24) is 15.3 Å². The van der Waals surface area contributed by atoms with E-state index >= 15 is 0 Å². The first kappa shape index (κ1) is 18.1. The molecule has 6 heteroatoms. The maximum absolute atomic E-state index is 12.2. The van der Waals surface area contributed by atoms with E-state index in [0.717, 1.165) is 33.4 Å². The predicted molar refractivity (Wildman–Crippen MR) is 111 cm³/mol. The van der Waals surface area contributed by atoms with Gasteiger partial charge in [-0.1, -0.05) is 72.4 Å². The van der Waals surface area contributed by atoms with Crippen molar-refractivity contribution in [3.63, 3.8) is 0 Å². The number of furan rings is 1. The normalized spacial score (nSPS) is 10.7. The van der Waals surface area contributed by atoms with Gasteiger partial charge in [0.25, 0.3) is 0 Å². The van der Waals surface area contributed by atoms with Crippen molar-refractivity contribution in [3.8, 4) is 22.6 Å². The van der Waals surface area contributed by atoms with Gasteiger partial charge >= 0.3 is 0 Å². The Kier molecular flexibility index (Phi) is 5.58. The number of nitrogens with one attached hydrogen (secondary N) is 2. The molecule has 0 spiro atoms. The summed E-state index contributed by atoms with van der Waals surface area (Å²) < 4.78 is 5.24. The monoisotopic (exact) mass is 389 g/mol. The number of carbonyl (C=O) groups excluding carboxylic acids is 1. The number of hydrogen-bond acceptors (Lipinski definition) is 4. The van der Waals surface area contributed by atoms with E-state index in [-0.39, 0.29) is 11.7 Å². The Morgan fingerprint density at radius 3 is 2.36 bits per heavy atom. The Bertz CT molecular complexity index is 1030. The summed E-state index contributed by atoms with van der Waals surface area (Å²) in [4.78, 5) is 20.4. The summed E-state index contributed by atoms with van der Waals surface area (Å²) in [5, 5.41) is 3.67. The summed E-state index contributed by atoms with van der Waals surface area (Å²) in [5.41, 5.74) is 2.97. The molecule has 5 nitrogen and oxygen atoms in total. The summed E-state index contributed by atoms with van der Waals surface area (Å²) in [6, 6.07) is 23.6. The fourth-order valence-corrected chi connectivity index (χ4v) is 3.62. The van der Waals surface area contributed by atoms with Crippen molar-refractivity contribution in [1.29, 1.82) is 0 Å². The van der Waals surface area contributed by atoms with Crippen molar-refractivity contribution < 1.29 is 9.21 Å². The van der Waals surface area contributed by atoms with Crippen LogP contribution in [0.25, 0.3) is 22.6 Å². The lowest BCUT2D eigenvalue weighted by Gasteiger charge is -2.04. The molecule has 2 heterocycles. The highest BCUT2D eigenvalue weighted by molar-refractivity contribution is 8.00. The molecule has 0 unspecified atom stereocenters. The van der Waals surface area contributed by atoms with Gasteiger partial charge < -0.3 is 14.7 Å². The van der Waals surface area contributed by atoms with Crippen LogP contribution in [-0.4, -0.2) is 21.6 Å². The molecule has 0 saturated heterocycles. The van der Waals surface area contributed by atoms with Crippen LogP contribution in [-0.2, 0) is 11.3 Å². The third-order valence-electron chi connectivity index (χ3n) is 4.16. The van der Waals surface area contributed by atoms with Gasteiger partial charge in [0, 0.05) is 11.1 Å². The van der Waals surface area contributed by atoms with Gasteiger partial charge in [-0.15, -0.1) is 0 Å². The van der Waals surface area contributed by atoms with Gasteiger partial charge in [-0.2, -0.15) is 0 Å². The zero-order valence-electron chi connectivity index (χ0n) is 15.1. The molecular formula is C22H19N3O2S. The molecule has 0 atom stereocenters. The second-order valence-electron chi connectivity index (χ2n) is 6.14. The molecule has 0 aliphatic rings. The van der Waals surface area contributed by atoms with Crippen LogP contribution in [0.2, 0.25) is 0 Å². The third-order valence-corrected chi connectivity index (χ3v) is 5.14. The Morgan fingerprint density at radius 1 is 0.964 bits per heavy atom. The van der Waals surface area contributed by atoms with Crippen LogP contribution >= 0.6 is 11.8 Å². The number of imidazole rings is 1. The van der Waals surface area contributed by atoms with E-state index in [4.69, 9.17) is 9.40 Å². The number of H-pyrrole nitrogens is 1. The van der Waals surface area contributed by atoms with Gasteiger partial charge in [0.05, 0.1) is 24.3 Å². The number of aromatic nitrogens is 2. The highest BCUT2D eigenvalue weighted by atomic mass is 32.2. The maximum atomic E-state index is 12.2. The SMILES string of the molecule is O=C(CSc1nc(-c2ccccc2)[nH]c1-c1ccccc1)NCc1ccco1. The molecule has 2 aromatic heterocycles. The van der Waals surface area contributed by atoms with Gasteiger partial charge in [0.2, 0.25) is 5.91 Å². The summed E-state index contributed by atoms with van der Waals surface area (Å²) in [7, 11) is 0. The lowest BCUT2D eigenvalue weighted by Crippen LogP contribution is -2.24. The molecule has 28 heavy (non-hydrogen) atoms. The van der Waals surface area contributed by atoms with Gasteiger partial charge in [-0.25, -0.2) is 4.98 Å². The first-order valence-electron chi connectivity index (χ1n) is 8.92. The van der Waals surface area contributed by atoms with E-state index in [1.807, 2.05) is 66.7 Å². The number of carbonyl (C=O) groups is 1. The van der Waals surface area contributed by atoms with Crippen molar-refractivity contribution in [3.05, 3.63) is 84.8 Å². The standard InChI is InChI=1S/C22H19N3O2S/c26-19(23-14-18-12-7-13-27-18)15-28-22-20(16-8-3-1-4-9-16)24-21(25-22)17-10-5-2-6-11-17/h1-13H,14-15H2,(H,23,26)(H,24,25). The molecule has 0 saturated carbocycles. The Balaban J connectivity index is 1.51. The van der Waals surface area contributed by atoms with Crippen LogP contribution in [0.1, 0.15) is 5.76 Å². The number of hydrogen-bond donors (Lipinski definition) is 2. The molecular weight excluding hydrogens is 370 g/mol. The van der Waals surface area contributed by atoms with E-state index < -0.39 is 0 Å². The van der Waals surface area contributed by atoms with Gasteiger partial charge in [0.1, 0.15) is 16.6 Å². The lowest BCUT2D eigenvalue weighted by atomic mass is 10.2. The summed E-state index contributed by atoms with van der Waals surface area (Å²) in [6.07, 6.45) is 1.59. The summed E-state index contributed by atoms with van der Waals surface area (Å²) in [6.45, 7) is 0.383. The largest absolute Gasteiger partial charge is 0.467 e.